The highest BCUT2D eigenvalue weighted by Crippen LogP contribution is 2.12. The minimum absolute atomic E-state index is 0.689. The summed E-state index contributed by atoms with van der Waals surface area (Å²) in [5.74, 6) is -0.809. The fourth-order valence-corrected chi connectivity index (χ4v) is 1.03. The monoisotopic (exact) mass is 180 g/mol. The molecule has 2 atom stereocenters. The van der Waals surface area contributed by atoms with E-state index in [9.17, 15) is 9.90 Å². The maximum absolute atomic E-state index is 10.6. The molecule has 0 aliphatic rings. The fourth-order valence-electron chi connectivity index (χ4n) is 1.03. The van der Waals surface area contributed by atoms with E-state index in [-0.39, 0.29) is 0 Å². The predicted molar refractivity (Wildman–Crippen MR) is 48.6 cm³/mol. The van der Waals surface area contributed by atoms with E-state index in [4.69, 9.17) is 11.5 Å². The van der Waals surface area contributed by atoms with E-state index >= 15 is 0 Å². The maximum Gasteiger partial charge on any atom is 0.248 e. The zero-order valence-electron chi connectivity index (χ0n) is 7.05. The van der Waals surface area contributed by atoms with Gasteiger partial charge in [0.05, 0.1) is 6.04 Å². The summed E-state index contributed by atoms with van der Waals surface area (Å²) >= 11 is 0. The van der Waals surface area contributed by atoms with Crippen LogP contribution in [-0.4, -0.2) is 17.1 Å². The van der Waals surface area contributed by atoms with Gasteiger partial charge in [0.25, 0.3) is 0 Å². The van der Waals surface area contributed by atoms with Crippen LogP contribution in [0.5, 0.6) is 0 Å². The molecule has 0 fully saturated rings. The van der Waals surface area contributed by atoms with Gasteiger partial charge in [-0.1, -0.05) is 30.3 Å². The third kappa shape index (κ3) is 2.27. The Bertz CT molecular complexity index is 287. The van der Waals surface area contributed by atoms with Crippen molar-refractivity contribution in [1.82, 2.24) is 0 Å². The topological polar surface area (TPSA) is 89.3 Å². The van der Waals surface area contributed by atoms with E-state index in [0.717, 1.165) is 0 Å². The molecule has 0 aliphatic carbocycles. The lowest BCUT2D eigenvalue weighted by atomic mass is 10.0. The molecule has 0 saturated carbocycles. The van der Waals surface area contributed by atoms with Crippen molar-refractivity contribution in [2.45, 2.75) is 12.1 Å². The molecule has 4 nitrogen and oxygen atoms in total. The number of hydrogen-bond acceptors (Lipinski definition) is 3. The van der Waals surface area contributed by atoms with Gasteiger partial charge in [0.15, 0.2) is 6.10 Å². The number of aliphatic hydroxyl groups excluding tert-OH is 1. The third-order valence-corrected chi connectivity index (χ3v) is 1.82. The van der Waals surface area contributed by atoms with Crippen molar-refractivity contribution < 1.29 is 9.90 Å². The Morgan fingerprint density at radius 2 is 1.85 bits per heavy atom. The van der Waals surface area contributed by atoms with Crippen LogP contribution in [-0.2, 0) is 4.79 Å². The minimum Gasteiger partial charge on any atom is -0.381 e. The van der Waals surface area contributed by atoms with Gasteiger partial charge in [-0.05, 0) is 5.56 Å². The Morgan fingerprint density at radius 1 is 1.31 bits per heavy atom. The molecule has 1 rings (SSSR count). The lowest BCUT2D eigenvalue weighted by molar-refractivity contribution is -0.127. The number of carbonyl (C=O) groups is 1. The number of nitrogens with two attached hydrogens (primary N) is 2. The molecule has 1 aromatic rings. The first-order chi connectivity index (χ1) is 6.13. The molecule has 2 unspecified atom stereocenters. The summed E-state index contributed by atoms with van der Waals surface area (Å²) in [5, 5.41) is 9.25. The quantitative estimate of drug-likeness (QED) is 0.587. The standard InChI is InChI=1S/C9H12N2O2/c10-7(8(12)9(11)13)6-4-2-1-3-5-6/h1-5,7-8,12H,10H2,(H2,11,13). The van der Waals surface area contributed by atoms with Gasteiger partial charge in [0, 0.05) is 0 Å². The summed E-state index contributed by atoms with van der Waals surface area (Å²) in [6.07, 6.45) is -1.33. The van der Waals surface area contributed by atoms with Crippen LogP contribution in [0.2, 0.25) is 0 Å². The lowest BCUT2D eigenvalue weighted by Crippen LogP contribution is -2.37. The zero-order valence-corrected chi connectivity index (χ0v) is 7.05. The molecular weight excluding hydrogens is 168 g/mol. The SMILES string of the molecule is NC(=O)C(O)C(N)c1ccccc1. The lowest BCUT2D eigenvalue weighted by Gasteiger charge is -2.15. The third-order valence-electron chi connectivity index (χ3n) is 1.82. The van der Waals surface area contributed by atoms with Gasteiger partial charge in [-0.25, -0.2) is 0 Å². The molecule has 1 aromatic carbocycles. The van der Waals surface area contributed by atoms with Crippen LogP contribution in [0.25, 0.3) is 0 Å². The highest BCUT2D eigenvalue weighted by molar-refractivity contribution is 5.79. The van der Waals surface area contributed by atoms with Crippen molar-refractivity contribution in [3.8, 4) is 0 Å². The van der Waals surface area contributed by atoms with Crippen molar-refractivity contribution in [3.63, 3.8) is 0 Å². The van der Waals surface area contributed by atoms with Gasteiger partial charge in [-0.2, -0.15) is 0 Å². The Kier molecular flexibility index (Phi) is 3.00. The van der Waals surface area contributed by atoms with E-state index in [0.29, 0.717) is 5.56 Å². The number of benzene rings is 1. The summed E-state index contributed by atoms with van der Waals surface area (Å²) in [5.41, 5.74) is 11.2. The highest BCUT2D eigenvalue weighted by atomic mass is 16.3. The fraction of sp³-hybridized carbons (Fsp3) is 0.222. The zero-order chi connectivity index (χ0) is 9.84. The first kappa shape index (κ1) is 9.70. The Morgan fingerprint density at radius 3 is 2.31 bits per heavy atom. The van der Waals surface area contributed by atoms with Crippen LogP contribution in [0.1, 0.15) is 11.6 Å². The van der Waals surface area contributed by atoms with Gasteiger partial charge in [0.1, 0.15) is 0 Å². The number of aliphatic hydroxyl groups is 1. The molecule has 0 aliphatic heterocycles. The molecular formula is C9H12N2O2. The average Bonchev–Trinajstić information content (AvgIpc) is 2.17. The van der Waals surface area contributed by atoms with Crippen LogP contribution in [0.3, 0.4) is 0 Å². The largest absolute Gasteiger partial charge is 0.381 e. The first-order valence-corrected chi connectivity index (χ1v) is 3.91. The second kappa shape index (κ2) is 4.02. The van der Waals surface area contributed by atoms with Crippen LogP contribution in [0.15, 0.2) is 30.3 Å². The van der Waals surface area contributed by atoms with Crippen molar-refractivity contribution in [3.05, 3.63) is 35.9 Å². The number of primary amides is 1. The molecule has 5 N–H and O–H groups in total. The molecule has 4 heteroatoms. The second-order valence-corrected chi connectivity index (χ2v) is 2.78. The number of rotatable bonds is 3. The van der Waals surface area contributed by atoms with Crippen molar-refractivity contribution in [2.24, 2.45) is 11.5 Å². The minimum atomic E-state index is -1.33. The molecule has 0 heterocycles. The summed E-state index contributed by atoms with van der Waals surface area (Å²) < 4.78 is 0. The average molecular weight is 180 g/mol. The maximum atomic E-state index is 10.6. The van der Waals surface area contributed by atoms with Crippen molar-refractivity contribution >= 4 is 5.91 Å². The van der Waals surface area contributed by atoms with Gasteiger partial charge in [-0.15, -0.1) is 0 Å². The number of carbonyl (C=O) groups excluding carboxylic acids is 1. The van der Waals surface area contributed by atoms with E-state index in [1.54, 1.807) is 24.3 Å². The molecule has 13 heavy (non-hydrogen) atoms. The van der Waals surface area contributed by atoms with Gasteiger partial charge >= 0.3 is 0 Å². The van der Waals surface area contributed by atoms with E-state index in [2.05, 4.69) is 0 Å². The number of amides is 1. The Balaban J connectivity index is 2.79. The van der Waals surface area contributed by atoms with Crippen molar-refractivity contribution in [2.75, 3.05) is 0 Å². The normalized spacial score (nSPS) is 14.9. The summed E-state index contributed by atoms with van der Waals surface area (Å²) in [6.45, 7) is 0. The smallest absolute Gasteiger partial charge is 0.248 e. The van der Waals surface area contributed by atoms with Gasteiger partial charge in [-0.3, -0.25) is 4.79 Å². The molecule has 0 spiro atoms. The van der Waals surface area contributed by atoms with Crippen molar-refractivity contribution in [1.29, 1.82) is 0 Å². The molecule has 70 valence electrons. The van der Waals surface area contributed by atoms with Crippen LogP contribution >= 0.6 is 0 Å². The molecule has 0 radical (unpaired) electrons. The predicted octanol–water partition coefficient (Wildman–Crippen LogP) is -0.467. The summed E-state index contributed by atoms with van der Waals surface area (Å²) in [7, 11) is 0. The molecule has 0 aromatic heterocycles. The van der Waals surface area contributed by atoms with Crippen LogP contribution < -0.4 is 11.5 Å². The second-order valence-electron chi connectivity index (χ2n) is 2.78. The molecule has 1 amide bonds. The van der Waals surface area contributed by atoms with Gasteiger partial charge < -0.3 is 16.6 Å². The molecule has 0 bridgehead atoms. The summed E-state index contributed by atoms with van der Waals surface area (Å²) in [6, 6.07) is 8.10. The first-order valence-electron chi connectivity index (χ1n) is 3.91. The number of hydrogen-bond donors (Lipinski definition) is 3. The highest BCUT2D eigenvalue weighted by Gasteiger charge is 2.21. The Labute approximate surface area is 76.2 Å². The molecule has 0 saturated heterocycles. The van der Waals surface area contributed by atoms with E-state index in [1.165, 1.54) is 0 Å². The van der Waals surface area contributed by atoms with Gasteiger partial charge in [0.2, 0.25) is 5.91 Å². The Hall–Kier alpha value is -1.39. The summed E-state index contributed by atoms with van der Waals surface area (Å²) in [4.78, 5) is 10.6. The van der Waals surface area contributed by atoms with E-state index in [1.807, 2.05) is 6.07 Å². The van der Waals surface area contributed by atoms with E-state index < -0.39 is 18.1 Å². The van der Waals surface area contributed by atoms with Crippen LogP contribution in [0.4, 0.5) is 0 Å². The van der Waals surface area contributed by atoms with Crippen LogP contribution in [0, 0.1) is 0 Å².